The number of nitrogens with zero attached hydrogens (tertiary/aromatic N) is 1. The van der Waals surface area contributed by atoms with E-state index in [9.17, 15) is 8.42 Å². The number of nitrogens with one attached hydrogen (secondary N) is 2. The van der Waals surface area contributed by atoms with Gasteiger partial charge in [0, 0.05) is 26.2 Å². The van der Waals surface area contributed by atoms with Gasteiger partial charge in [0.25, 0.3) is 10.0 Å². The van der Waals surface area contributed by atoms with Crippen molar-refractivity contribution >= 4 is 33.8 Å². The molecule has 0 radical (unpaired) electrons. The predicted molar refractivity (Wildman–Crippen MR) is 117 cm³/mol. The highest BCUT2D eigenvalue weighted by Crippen LogP contribution is 2.33. The van der Waals surface area contributed by atoms with E-state index in [1.54, 1.807) is 31.4 Å². The zero-order valence-electron chi connectivity index (χ0n) is 16.4. The first-order valence-electron chi connectivity index (χ1n) is 9.18. The van der Waals surface area contributed by atoms with Crippen LogP contribution in [0.25, 0.3) is 0 Å². The molecule has 1 aliphatic rings. The van der Waals surface area contributed by atoms with Gasteiger partial charge in [0.05, 0.1) is 23.4 Å². The summed E-state index contributed by atoms with van der Waals surface area (Å²) in [6, 6.07) is 12.5. The predicted octanol–water partition coefficient (Wildman–Crippen LogP) is 3.45. The van der Waals surface area contributed by atoms with Crippen molar-refractivity contribution in [1.82, 2.24) is 5.32 Å². The van der Waals surface area contributed by atoms with E-state index in [1.807, 2.05) is 32.0 Å². The van der Waals surface area contributed by atoms with E-state index in [4.69, 9.17) is 4.74 Å². The van der Waals surface area contributed by atoms with E-state index >= 15 is 0 Å². The molecule has 8 heteroatoms. The first-order chi connectivity index (χ1) is 12.9. The molecule has 0 saturated carbocycles. The summed E-state index contributed by atoms with van der Waals surface area (Å²) in [6.45, 7) is 7.43. The van der Waals surface area contributed by atoms with Crippen LogP contribution < -0.4 is 19.7 Å². The summed E-state index contributed by atoms with van der Waals surface area (Å²) in [5, 5.41) is 3.30. The highest BCUT2D eigenvalue weighted by Gasteiger charge is 2.21. The van der Waals surface area contributed by atoms with Crippen LogP contribution in [0.5, 0.6) is 5.75 Å². The molecule has 2 aromatic carbocycles. The molecule has 0 bridgehead atoms. The maximum Gasteiger partial charge on any atom is 0.261 e. The van der Waals surface area contributed by atoms with Crippen LogP contribution in [0.3, 0.4) is 0 Å². The van der Waals surface area contributed by atoms with Crippen molar-refractivity contribution in [3.8, 4) is 5.75 Å². The summed E-state index contributed by atoms with van der Waals surface area (Å²) in [5.74, 6) is 0.898. The van der Waals surface area contributed by atoms with Gasteiger partial charge in [-0.25, -0.2) is 8.42 Å². The Balaban J connectivity index is 0.00000280. The Morgan fingerprint density at radius 1 is 1.11 bits per heavy atom. The van der Waals surface area contributed by atoms with Gasteiger partial charge in [-0.3, -0.25) is 4.72 Å². The fraction of sp³-hybridized carbons (Fsp3) is 0.400. The molecule has 0 aromatic heterocycles. The summed E-state index contributed by atoms with van der Waals surface area (Å²) < 4.78 is 34.3. The van der Waals surface area contributed by atoms with E-state index in [1.165, 1.54) is 0 Å². The smallest absolute Gasteiger partial charge is 0.261 e. The summed E-state index contributed by atoms with van der Waals surface area (Å²) in [4.78, 5) is 2.38. The van der Waals surface area contributed by atoms with Crippen molar-refractivity contribution in [1.29, 1.82) is 0 Å². The minimum atomic E-state index is -3.70. The molecular formula is C20H28ClN3O3S. The van der Waals surface area contributed by atoms with Gasteiger partial charge in [-0.05, 0) is 35.7 Å². The number of halogens is 1. The monoisotopic (exact) mass is 425 g/mol. The molecule has 3 rings (SSSR count). The second-order valence-corrected chi connectivity index (χ2v) is 8.60. The number of benzene rings is 2. The number of piperazine rings is 1. The maximum absolute atomic E-state index is 13.0. The van der Waals surface area contributed by atoms with Crippen LogP contribution in [0.2, 0.25) is 0 Å². The van der Waals surface area contributed by atoms with Gasteiger partial charge >= 0.3 is 0 Å². The fourth-order valence-electron chi connectivity index (χ4n) is 3.29. The van der Waals surface area contributed by atoms with Crippen molar-refractivity contribution in [2.24, 2.45) is 0 Å². The Kier molecular flexibility index (Phi) is 7.57. The zero-order valence-corrected chi connectivity index (χ0v) is 18.1. The topological polar surface area (TPSA) is 70.7 Å². The Morgan fingerprint density at radius 2 is 1.79 bits per heavy atom. The number of para-hydroxylation sites is 1. The maximum atomic E-state index is 13.0. The molecule has 0 aliphatic carbocycles. The lowest BCUT2D eigenvalue weighted by Gasteiger charge is -2.30. The zero-order chi connectivity index (χ0) is 19.4. The molecule has 0 amide bonds. The van der Waals surface area contributed by atoms with Crippen LogP contribution in [0.1, 0.15) is 25.3 Å². The number of sulfonamides is 1. The minimum Gasteiger partial charge on any atom is -0.495 e. The largest absolute Gasteiger partial charge is 0.495 e. The summed E-state index contributed by atoms with van der Waals surface area (Å²) in [7, 11) is -2.10. The summed E-state index contributed by atoms with van der Waals surface area (Å²) in [5.41, 5.74) is 2.39. The van der Waals surface area contributed by atoms with Crippen LogP contribution in [0.15, 0.2) is 47.4 Å². The Bertz CT molecular complexity index is 897. The Morgan fingerprint density at radius 3 is 2.43 bits per heavy atom. The van der Waals surface area contributed by atoms with Gasteiger partial charge in [-0.2, -0.15) is 0 Å². The third-order valence-electron chi connectivity index (χ3n) is 4.75. The molecule has 0 atom stereocenters. The quantitative estimate of drug-likeness (QED) is 0.741. The van der Waals surface area contributed by atoms with Crippen molar-refractivity contribution in [3.05, 3.63) is 48.0 Å². The van der Waals surface area contributed by atoms with Gasteiger partial charge in [-0.15, -0.1) is 12.4 Å². The molecule has 2 N–H and O–H groups in total. The van der Waals surface area contributed by atoms with Crippen LogP contribution in [-0.2, 0) is 10.0 Å². The number of hydrogen-bond donors (Lipinski definition) is 2. The first kappa shape index (κ1) is 22.3. The Hall–Kier alpha value is -1.96. The normalized spacial score (nSPS) is 14.5. The number of rotatable bonds is 6. The average Bonchev–Trinajstić information content (AvgIpc) is 2.68. The van der Waals surface area contributed by atoms with E-state index in [2.05, 4.69) is 14.9 Å². The lowest BCUT2D eigenvalue weighted by atomic mass is 10.0. The lowest BCUT2D eigenvalue weighted by Crippen LogP contribution is -2.43. The number of ether oxygens (including phenoxy) is 1. The van der Waals surface area contributed by atoms with Crippen LogP contribution in [-0.4, -0.2) is 41.7 Å². The van der Waals surface area contributed by atoms with E-state index < -0.39 is 10.0 Å². The minimum absolute atomic E-state index is 0. The third-order valence-corrected chi connectivity index (χ3v) is 6.11. The number of methoxy groups -OCH3 is 1. The molecule has 0 unspecified atom stereocenters. The van der Waals surface area contributed by atoms with Gasteiger partial charge in [0.15, 0.2) is 0 Å². The van der Waals surface area contributed by atoms with Crippen molar-refractivity contribution in [2.75, 3.05) is 42.9 Å². The lowest BCUT2D eigenvalue weighted by molar-refractivity contribution is 0.412. The van der Waals surface area contributed by atoms with Crippen LogP contribution >= 0.6 is 12.4 Å². The average molecular weight is 426 g/mol. The molecule has 1 saturated heterocycles. The Labute approximate surface area is 173 Å². The molecule has 0 spiro atoms. The first-order valence-corrected chi connectivity index (χ1v) is 10.7. The van der Waals surface area contributed by atoms with Gasteiger partial charge in [0.1, 0.15) is 5.75 Å². The second-order valence-electron chi connectivity index (χ2n) is 6.92. The molecule has 1 aliphatic heterocycles. The molecule has 154 valence electrons. The number of anilines is 2. The highest BCUT2D eigenvalue weighted by atomic mass is 35.5. The van der Waals surface area contributed by atoms with E-state index in [0.717, 1.165) is 37.4 Å². The van der Waals surface area contributed by atoms with Crippen molar-refractivity contribution in [3.63, 3.8) is 0 Å². The molecule has 6 nitrogen and oxygen atoms in total. The van der Waals surface area contributed by atoms with Gasteiger partial charge in [-0.1, -0.05) is 32.0 Å². The van der Waals surface area contributed by atoms with Gasteiger partial charge in [0.2, 0.25) is 0 Å². The SMILES string of the molecule is COc1ccc(S(=O)(=O)Nc2ccccc2C(C)C)cc1N1CCNCC1.Cl. The number of hydrogen-bond acceptors (Lipinski definition) is 5. The molecule has 2 aromatic rings. The second kappa shape index (κ2) is 9.49. The fourth-order valence-corrected chi connectivity index (χ4v) is 4.39. The summed E-state index contributed by atoms with van der Waals surface area (Å²) >= 11 is 0. The van der Waals surface area contributed by atoms with Gasteiger partial charge < -0.3 is 15.0 Å². The van der Waals surface area contributed by atoms with Crippen molar-refractivity contribution < 1.29 is 13.2 Å². The highest BCUT2D eigenvalue weighted by molar-refractivity contribution is 7.92. The molecular weight excluding hydrogens is 398 g/mol. The van der Waals surface area contributed by atoms with Crippen LogP contribution in [0, 0.1) is 0 Å². The standard InChI is InChI=1S/C20H27N3O3S.ClH/c1-15(2)17-6-4-5-7-18(17)22-27(24,25)16-8-9-20(26-3)19(14-16)23-12-10-21-11-13-23;/h4-9,14-15,21-22H,10-13H2,1-3H3;1H. The molecule has 28 heavy (non-hydrogen) atoms. The van der Waals surface area contributed by atoms with E-state index in [-0.39, 0.29) is 23.2 Å². The van der Waals surface area contributed by atoms with E-state index in [0.29, 0.717) is 11.4 Å². The summed E-state index contributed by atoms with van der Waals surface area (Å²) in [6.07, 6.45) is 0. The van der Waals surface area contributed by atoms with Crippen LogP contribution in [0.4, 0.5) is 11.4 Å². The van der Waals surface area contributed by atoms with Crippen molar-refractivity contribution in [2.45, 2.75) is 24.7 Å². The molecule has 1 fully saturated rings. The third kappa shape index (κ3) is 4.90. The molecule has 1 heterocycles.